The predicted octanol–water partition coefficient (Wildman–Crippen LogP) is -0.559. The number of rotatable bonds is 1. The number of benzene rings is 2. The van der Waals surface area contributed by atoms with Crippen LogP contribution in [0.4, 0.5) is 0 Å². The molecule has 4 heteroatoms. The summed E-state index contributed by atoms with van der Waals surface area (Å²) in [5.41, 5.74) is 1.08. The van der Waals surface area contributed by atoms with Gasteiger partial charge in [-0.2, -0.15) is 0 Å². The summed E-state index contributed by atoms with van der Waals surface area (Å²) in [6.07, 6.45) is 0. The number of para-hydroxylation sites is 2. The topological polar surface area (TPSA) is 18.5 Å². The zero-order chi connectivity index (χ0) is 11.0. The summed E-state index contributed by atoms with van der Waals surface area (Å²) in [7, 11) is 0. The van der Waals surface area contributed by atoms with Crippen molar-refractivity contribution in [3.8, 4) is 11.5 Å². The Kier molecular flexibility index (Phi) is 3.24. The Hall–Kier alpha value is -1.30. The Morgan fingerprint density at radius 3 is 1.76 bits per heavy atom. The molecule has 0 fully saturated rings. The molecule has 0 unspecified atom stereocenters. The second kappa shape index (κ2) is 4.52. The van der Waals surface area contributed by atoms with Gasteiger partial charge in [0.1, 0.15) is 11.5 Å². The minimum absolute atomic E-state index is 0. The van der Waals surface area contributed by atoms with Gasteiger partial charge in [0.25, 0.3) is 0 Å². The molecule has 0 amide bonds. The van der Waals surface area contributed by atoms with Crippen molar-refractivity contribution in [3.63, 3.8) is 0 Å². The smallest absolute Gasteiger partial charge is 0.677 e. The van der Waals surface area contributed by atoms with Crippen LogP contribution < -0.4 is 33.6 Å². The van der Waals surface area contributed by atoms with Crippen molar-refractivity contribution >= 4 is 12.0 Å². The van der Waals surface area contributed by atoms with Crippen LogP contribution in [0.3, 0.4) is 0 Å². The van der Waals surface area contributed by atoms with Gasteiger partial charge in [-0.3, -0.25) is 0 Å². The predicted molar refractivity (Wildman–Crippen MR) is 65.4 cm³/mol. The molecular weight excluding hydrogens is 206 g/mol. The van der Waals surface area contributed by atoms with Gasteiger partial charge in [0.2, 0.25) is 0 Å². The van der Waals surface area contributed by atoms with E-state index in [4.69, 9.17) is 9.31 Å². The Labute approximate surface area is 113 Å². The Bertz CT molecular complexity index is 491. The molecular formula is C13H12BLiO2. The second-order valence-electron chi connectivity index (χ2n) is 4.19. The molecule has 1 aliphatic rings. The first-order valence-electron chi connectivity index (χ1n) is 5.48. The summed E-state index contributed by atoms with van der Waals surface area (Å²) in [6.45, 7) is 0.588. The molecule has 2 aromatic carbocycles. The van der Waals surface area contributed by atoms with E-state index in [2.05, 4.69) is 0 Å². The summed E-state index contributed by atoms with van der Waals surface area (Å²) in [5.74, 6) is 1.66. The van der Waals surface area contributed by atoms with E-state index < -0.39 is 6.55 Å². The molecule has 0 N–H and O–H groups in total. The van der Waals surface area contributed by atoms with Crippen molar-refractivity contribution in [2.75, 3.05) is 0 Å². The molecule has 1 aliphatic heterocycles. The summed E-state index contributed by atoms with van der Waals surface area (Å²) in [4.78, 5) is 0. The largest absolute Gasteiger partial charge is 1.00 e. The molecule has 17 heavy (non-hydrogen) atoms. The van der Waals surface area contributed by atoms with Crippen molar-refractivity contribution in [2.45, 2.75) is 6.82 Å². The van der Waals surface area contributed by atoms with Crippen LogP contribution in [0.2, 0.25) is 6.82 Å². The van der Waals surface area contributed by atoms with E-state index in [9.17, 15) is 0 Å². The van der Waals surface area contributed by atoms with Crippen molar-refractivity contribution in [1.29, 1.82) is 0 Å². The van der Waals surface area contributed by atoms with Gasteiger partial charge in [0.05, 0.1) is 0 Å². The van der Waals surface area contributed by atoms with Crippen molar-refractivity contribution in [3.05, 3.63) is 54.6 Å². The van der Waals surface area contributed by atoms with E-state index in [1.54, 1.807) is 0 Å². The summed E-state index contributed by atoms with van der Waals surface area (Å²) >= 11 is 0. The summed E-state index contributed by atoms with van der Waals surface area (Å²) in [6, 6.07) is 17.8. The second-order valence-corrected chi connectivity index (χ2v) is 4.19. The molecule has 1 heterocycles. The molecule has 0 aromatic heterocycles. The van der Waals surface area contributed by atoms with E-state index in [-0.39, 0.29) is 18.9 Å². The quantitative estimate of drug-likeness (QED) is 0.597. The zero-order valence-corrected chi connectivity index (χ0v) is 10.1. The van der Waals surface area contributed by atoms with E-state index >= 15 is 0 Å². The summed E-state index contributed by atoms with van der Waals surface area (Å²) < 4.78 is 11.8. The monoisotopic (exact) mass is 218 g/mol. The SMILES string of the molecule is C[B-]1(c2ccccc2)Oc2ccccc2O1.[Li+]. The molecule has 0 saturated heterocycles. The van der Waals surface area contributed by atoms with Gasteiger partial charge in [-0.25, -0.2) is 0 Å². The molecule has 0 saturated carbocycles. The maximum Gasteiger partial charge on any atom is 1.00 e. The van der Waals surface area contributed by atoms with Crippen molar-refractivity contribution in [1.82, 2.24) is 0 Å². The maximum absolute atomic E-state index is 5.92. The Balaban J connectivity index is 0.00000108. The molecule has 0 bridgehead atoms. The first-order valence-corrected chi connectivity index (χ1v) is 5.48. The van der Waals surface area contributed by atoms with E-state index in [0.717, 1.165) is 17.0 Å². The first-order chi connectivity index (χ1) is 7.78. The molecule has 2 nitrogen and oxygen atoms in total. The van der Waals surface area contributed by atoms with Crippen molar-refractivity contribution < 1.29 is 28.2 Å². The van der Waals surface area contributed by atoms with Crippen LogP contribution in [0.1, 0.15) is 0 Å². The fraction of sp³-hybridized carbons (Fsp3) is 0.0769. The molecule has 80 valence electrons. The van der Waals surface area contributed by atoms with Crippen molar-refractivity contribution in [2.24, 2.45) is 0 Å². The minimum atomic E-state index is -1.41. The van der Waals surface area contributed by atoms with Crippen LogP contribution in [0.5, 0.6) is 11.5 Å². The maximum atomic E-state index is 5.92. The first kappa shape index (κ1) is 12.2. The third-order valence-corrected chi connectivity index (χ3v) is 2.96. The fourth-order valence-corrected chi connectivity index (χ4v) is 2.09. The molecule has 0 atom stereocenters. The zero-order valence-electron chi connectivity index (χ0n) is 10.1. The minimum Gasteiger partial charge on any atom is -0.677 e. The van der Waals surface area contributed by atoms with E-state index in [1.807, 2.05) is 61.4 Å². The van der Waals surface area contributed by atoms with Crippen LogP contribution in [0.15, 0.2) is 54.6 Å². The number of hydrogen-bond donors (Lipinski definition) is 0. The van der Waals surface area contributed by atoms with Gasteiger partial charge in [0, 0.05) is 0 Å². The molecule has 0 radical (unpaired) electrons. The van der Waals surface area contributed by atoms with Gasteiger partial charge < -0.3 is 9.31 Å². The van der Waals surface area contributed by atoms with Crippen LogP contribution in [-0.4, -0.2) is 6.55 Å². The van der Waals surface area contributed by atoms with Gasteiger partial charge in [-0.15, -0.1) is 12.3 Å². The molecule has 2 aromatic rings. The molecule has 0 aliphatic carbocycles. The Morgan fingerprint density at radius 1 is 0.765 bits per heavy atom. The van der Waals surface area contributed by atoms with Crippen LogP contribution in [0.25, 0.3) is 0 Å². The molecule has 3 rings (SSSR count). The number of hydrogen-bond acceptors (Lipinski definition) is 2. The van der Waals surface area contributed by atoms with Crippen LogP contribution >= 0.6 is 0 Å². The normalized spacial score (nSPS) is 15.1. The summed E-state index contributed by atoms with van der Waals surface area (Å²) in [5, 5.41) is 0. The van der Waals surface area contributed by atoms with E-state index in [0.29, 0.717) is 0 Å². The van der Waals surface area contributed by atoms with Gasteiger partial charge >= 0.3 is 25.4 Å². The number of fused-ring (bicyclic) bond motifs is 1. The third kappa shape index (κ3) is 2.09. The van der Waals surface area contributed by atoms with E-state index in [1.165, 1.54) is 0 Å². The average Bonchev–Trinajstić information content (AvgIpc) is 2.68. The van der Waals surface area contributed by atoms with Gasteiger partial charge in [-0.05, 0) is 12.1 Å². The fourth-order valence-electron chi connectivity index (χ4n) is 2.09. The van der Waals surface area contributed by atoms with Gasteiger partial charge in [0.15, 0.2) is 0 Å². The van der Waals surface area contributed by atoms with Gasteiger partial charge in [-0.1, -0.05) is 42.5 Å². The van der Waals surface area contributed by atoms with Crippen LogP contribution in [-0.2, 0) is 0 Å². The average molecular weight is 218 g/mol. The Morgan fingerprint density at radius 2 is 1.24 bits per heavy atom. The standard InChI is InChI=1S/C13H12BO2.Li/c1-14(11-7-3-2-4-8-11)15-12-9-5-6-10-13(12)16-14;/h2-10H,1H3;/q-1;+1. The molecule has 0 spiro atoms. The van der Waals surface area contributed by atoms with Crippen LogP contribution in [0, 0.1) is 0 Å². The third-order valence-electron chi connectivity index (χ3n) is 2.96.